The van der Waals surface area contributed by atoms with Crippen LogP contribution in [0.4, 0.5) is 0 Å². The summed E-state index contributed by atoms with van der Waals surface area (Å²) >= 11 is 0. The number of pyridine rings is 1. The highest BCUT2D eigenvalue weighted by molar-refractivity contribution is 5.97. The van der Waals surface area contributed by atoms with Crippen LogP contribution in [-0.4, -0.2) is 41.4 Å². The van der Waals surface area contributed by atoms with Gasteiger partial charge in [-0.25, -0.2) is 4.98 Å². The summed E-state index contributed by atoms with van der Waals surface area (Å²) in [5, 5.41) is 22.8. The Morgan fingerprint density at radius 1 is 1.23 bits per heavy atom. The molecule has 1 amide bonds. The van der Waals surface area contributed by atoms with Crippen LogP contribution in [0.3, 0.4) is 0 Å². The molecule has 0 bridgehead atoms. The number of carbonyl (C=O) groups is 1. The molecule has 7 heteroatoms. The number of phenols is 1. The number of nitrogens with zero attached hydrogens (tertiary/aromatic N) is 1. The first kappa shape index (κ1) is 18.0. The maximum absolute atomic E-state index is 12.7. The van der Waals surface area contributed by atoms with Gasteiger partial charge >= 0.3 is 0 Å². The monoisotopic (exact) mass is 358 g/mol. The van der Waals surface area contributed by atoms with Crippen LogP contribution in [-0.2, 0) is 0 Å². The predicted molar refractivity (Wildman–Crippen MR) is 94.4 cm³/mol. The van der Waals surface area contributed by atoms with Crippen LogP contribution in [0.15, 0.2) is 36.5 Å². The third-order valence-corrected chi connectivity index (χ3v) is 4.70. The molecule has 2 aromatic rings. The van der Waals surface area contributed by atoms with Crippen molar-refractivity contribution < 1.29 is 24.5 Å². The van der Waals surface area contributed by atoms with Crippen LogP contribution in [0.25, 0.3) is 0 Å². The molecule has 3 rings (SSSR count). The second-order valence-electron chi connectivity index (χ2n) is 6.33. The second-order valence-corrected chi connectivity index (χ2v) is 6.33. The van der Waals surface area contributed by atoms with E-state index in [1.54, 1.807) is 24.4 Å². The van der Waals surface area contributed by atoms with E-state index in [0.29, 0.717) is 18.7 Å². The lowest BCUT2D eigenvalue weighted by Gasteiger charge is -2.38. The molecule has 1 aromatic carbocycles. The molecule has 0 radical (unpaired) electrons. The SMILES string of the molecule is COc1ccc(C(NC(=O)c2cccc(OC)c2O)C2CC(O)C2)cn1. The smallest absolute Gasteiger partial charge is 0.255 e. The molecule has 7 nitrogen and oxygen atoms in total. The third-order valence-electron chi connectivity index (χ3n) is 4.70. The lowest BCUT2D eigenvalue weighted by Crippen LogP contribution is -2.41. The maximum Gasteiger partial charge on any atom is 0.255 e. The Kier molecular flexibility index (Phi) is 5.27. The van der Waals surface area contributed by atoms with Gasteiger partial charge in [0.15, 0.2) is 11.5 Å². The fourth-order valence-corrected chi connectivity index (χ4v) is 3.16. The van der Waals surface area contributed by atoms with Gasteiger partial charge in [-0.2, -0.15) is 0 Å². The van der Waals surface area contributed by atoms with E-state index in [-0.39, 0.29) is 35.1 Å². The van der Waals surface area contributed by atoms with Crippen LogP contribution >= 0.6 is 0 Å². The summed E-state index contributed by atoms with van der Waals surface area (Å²) in [4.78, 5) is 16.9. The van der Waals surface area contributed by atoms with E-state index in [1.807, 2.05) is 6.07 Å². The minimum absolute atomic E-state index is 0.0943. The minimum Gasteiger partial charge on any atom is -0.504 e. The first-order valence-corrected chi connectivity index (χ1v) is 8.38. The number of aliphatic hydroxyl groups is 1. The van der Waals surface area contributed by atoms with E-state index in [4.69, 9.17) is 9.47 Å². The molecule has 1 atom stereocenters. The fourth-order valence-electron chi connectivity index (χ4n) is 3.16. The van der Waals surface area contributed by atoms with Crippen molar-refractivity contribution in [2.24, 2.45) is 5.92 Å². The Morgan fingerprint density at radius 3 is 2.58 bits per heavy atom. The zero-order chi connectivity index (χ0) is 18.7. The largest absolute Gasteiger partial charge is 0.504 e. The van der Waals surface area contributed by atoms with Crippen molar-refractivity contribution in [3.8, 4) is 17.4 Å². The lowest BCUT2D eigenvalue weighted by molar-refractivity contribution is 0.0234. The molecule has 3 N–H and O–H groups in total. The molecule has 1 aliphatic carbocycles. The standard InChI is InChI=1S/C19H22N2O5/c1-25-15-5-3-4-14(18(15)23)19(24)21-17(12-8-13(22)9-12)11-6-7-16(26-2)20-10-11/h3-7,10,12-13,17,22-23H,8-9H2,1-2H3,(H,21,24). The third kappa shape index (κ3) is 3.57. The Balaban J connectivity index is 1.84. The molecule has 0 saturated heterocycles. The number of hydrogen-bond acceptors (Lipinski definition) is 6. The van der Waals surface area contributed by atoms with Gasteiger partial charge in [-0.15, -0.1) is 0 Å². The normalized spacial score (nSPS) is 20.0. The van der Waals surface area contributed by atoms with Gasteiger partial charge in [-0.1, -0.05) is 12.1 Å². The average Bonchev–Trinajstić information content (AvgIpc) is 2.64. The van der Waals surface area contributed by atoms with Crippen molar-refractivity contribution in [3.63, 3.8) is 0 Å². The molecule has 0 aliphatic heterocycles. The van der Waals surface area contributed by atoms with Gasteiger partial charge in [0.25, 0.3) is 5.91 Å². The number of aromatic hydroxyl groups is 1. The van der Waals surface area contributed by atoms with Crippen molar-refractivity contribution in [2.75, 3.05) is 14.2 Å². The zero-order valence-corrected chi connectivity index (χ0v) is 14.7. The first-order valence-electron chi connectivity index (χ1n) is 8.38. The van der Waals surface area contributed by atoms with E-state index in [9.17, 15) is 15.0 Å². The number of para-hydroxylation sites is 1. The number of methoxy groups -OCH3 is 2. The number of rotatable bonds is 6. The summed E-state index contributed by atoms with van der Waals surface area (Å²) in [6.45, 7) is 0. The number of aliphatic hydroxyl groups excluding tert-OH is 1. The van der Waals surface area contributed by atoms with Crippen molar-refractivity contribution in [3.05, 3.63) is 47.7 Å². The van der Waals surface area contributed by atoms with Gasteiger partial charge < -0.3 is 25.0 Å². The second kappa shape index (κ2) is 7.61. The van der Waals surface area contributed by atoms with Gasteiger partial charge in [0.2, 0.25) is 5.88 Å². The van der Waals surface area contributed by atoms with E-state index in [0.717, 1.165) is 5.56 Å². The minimum atomic E-state index is -0.413. The summed E-state index contributed by atoms with van der Waals surface area (Å²) in [7, 11) is 2.97. The molecule has 26 heavy (non-hydrogen) atoms. The Morgan fingerprint density at radius 2 is 2.00 bits per heavy atom. The molecular weight excluding hydrogens is 336 g/mol. The summed E-state index contributed by atoms with van der Waals surface area (Å²) in [6, 6.07) is 8.00. The van der Waals surface area contributed by atoms with Crippen LogP contribution < -0.4 is 14.8 Å². The quantitative estimate of drug-likeness (QED) is 0.731. The Hall–Kier alpha value is -2.80. The first-order chi connectivity index (χ1) is 12.5. The molecular formula is C19H22N2O5. The van der Waals surface area contributed by atoms with E-state index in [2.05, 4.69) is 10.3 Å². The number of aromatic nitrogens is 1. The number of carbonyl (C=O) groups excluding carboxylic acids is 1. The molecule has 1 heterocycles. The molecule has 1 aromatic heterocycles. The van der Waals surface area contributed by atoms with Gasteiger partial charge in [0.1, 0.15) is 0 Å². The highest BCUT2D eigenvalue weighted by Crippen LogP contribution is 2.39. The molecule has 1 saturated carbocycles. The summed E-state index contributed by atoms with van der Waals surface area (Å²) in [5.41, 5.74) is 0.953. The van der Waals surface area contributed by atoms with Crippen molar-refractivity contribution in [2.45, 2.75) is 25.0 Å². The van der Waals surface area contributed by atoms with E-state index >= 15 is 0 Å². The topological polar surface area (TPSA) is 101 Å². The molecule has 0 spiro atoms. The maximum atomic E-state index is 12.7. The van der Waals surface area contributed by atoms with E-state index in [1.165, 1.54) is 20.3 Å². The van der Waals surface area contributed by atoms with Crippen molar-refractivity contribution >= 4 is 5.91 Å². The molecule has 1 aliphatic rings. The van der Waals surface area contributed by atoms with Gasteiger partial charge in [0, 0.05) is 12.3 Å². The predicted octanol–water partition coefficient (Wildman–Crippen LogP) is 2.05. The van der Waals surface area contributed by atoms with Gasteiger partial charge in [-0.05, 0) is 36.5 Å². The average molecular weight is 358 g/mol. The number of amides is 1. The summed E-state index contributed by atoms with van der Waals surface area (Å²) in [5.74, 6) is 0.200. The lowest BCUT2D eigenvalue weighted by atomic mass is 9.75. The van der Waals surface area contributed by atoms with Gasteiger partial charge in [-0.3, -0.25) is 4.79 Å². The molecule has 138 valence electrons. The number of nitrogens with one attached hydrogen (secondary N) is 1. The summed E-state index contributed by atoms with van der Waals surface area (Å²) < 4.78 is 10.1. The summed E-state index contributed by atoms with van der Waals surface area (Å²) in [6.07, 6.45) is 2.50. The van der Waals surface area contributed by atoms with Crippen molar-refractivity contribution in [1.29, 1.82) is 0 Å². The Labute approximate surface area is 151 Å². The van der Waals surface area contributed by atoms with Gasteiger partial charge in [0.05, 0.1) is 31.9 Å². The van der Waals surface area contributed by atoms with Crippen LogP contribution in [0, 0.1) is 5.92 Å². The highest BCUT2D eigenvalue weighted by Gasteiger charge is 2.36. The number of phenolic OH excluding ortho intramolecular Hbond substituents is 1. The number of hydrogen-bond donors (Lipinski definition) is 3. The van der Waals surface area contributed by atoms with Crippen molar-refractivity contribution in [1.82, 2.24) is 10.3 Å². The van der Waals surface area contributed by atoms with Crippen LogP contribution in [0.1, 0.15) is 34.8 Å². The van der Waals surface area contributed by atoms with E-state index < -0.39 is 5.91 Å². The van der Waals surface area contributed by atoms with Crippen LogP contribution in [0.5, 0.6) is 17.4 Å². The molecule has 1 unspecified atom stereocenters. The zero-order valence-electron chi connectivity index (χ0n) is 14.7. The van der Waals surface area contributed by atoms with Crippen LogP contribution in [0.2, 0.25) is 0 Å². The molecule has 1 fully saturated rings. The number of benzene rings is 1. The highest BCUT2D eigenvalue weighted by atomic mass is 16.5. The Bertz CT molecular complexity index is 772. The number of ether oxygens (including phenoxy) is 2. The fraction of sp³-hybridized carbons (Fsp3) is 0.368.